The van der Waals surface area contributed by atoms with Gasteiger partial charge in [-0.3, -0.25) is 4.90 Å². The maximum absolute atomic E-state index is 11.2. The first-order valence-electron chi connectivity index (χ1n) is 10.7. The Morgan fingerprint density at radius 1 is 1.03 bits per heavy atom. The number of hydrogen-bond acceptors (Lipinski definition) is 5. The highest BCUT2D eigenvalue weighted by molar-refractivity contribution is 7.89. The molecular formula is C23H31N5O2S. The van der Waals surface area contributed by atoms with Gasteiger partial charge in [-0.15, -0.1) is 0 Å². The number of aromatic amines is 1. The van der Waals surface area contributed by atoms with Crippen LogP contribution in [0.25, 0.3) is 22.4 Å². The van der Waals surface area contributed by atoms with Crippen LogP contribution in [0.3, 0.4) is 0 Å². The first kappa shape index (κ1) is 21.8. The fraction of sp³-hybridized carbons (Fsp3) is 0.435. The number of rotatable bonds is 5. The maximum Gasteiger partial charge on any atom is 0.210 e. The number of sulfonamides is 1. The average Bonchev–Trinajstić information content (AvgIpc) is 3.16. The van der Waals surface area contributed by atoms with Crippen molar-refractivity contribution in [2.75, 3.05) is 43.4 Å². The SMILES string of the molecule is CC(C)(C)c1ccc(-c2nc3c(N4CCN(CCS(N)(=O)=O)CC4)cccc3[nH]2)cc1. The smallest absolute Gasteiger partial charge is 0.210 e. The summed E-state index contributed by atoms with van der Waals surface area (Å²) in [7, 11) is -3.42. The Hall–Kier alpha value is -2.42. The molecule has 0 saturated carbocycles. The summed E-state index contributed by atoms with van der Waals surface area (Å²) in [6, 6.07) is 14.8. The number of piperazine rings is 1. The molecule has 0 radical (unpaired) electrons. The molecule has 166 valence electrons. The molecular weight excluding hydrogens is 410 g/mol. The minimum atomic E-state index is -3.42. The number of hydrogen-bond donors (Lipinski definition) is 2. The predicted molar refractivity (Wildman–Crippen MR) is 127 cm³/mol. The minimum Gasteiger partial charge on any atom is -0.367 e. The van der Waals surface area contributed by atoms with Gasteiger partial charge in [0.2, 0.25) is 10.0 Å². The maximum atomic E-state index is 11.2. The van der Waals surface area contributed by atoms with Gasteiger partial charge < -0.3 is 9.88 Å². The van der Waals surface area contributed by atoms with E-state index in [0.717, 1.165) is 54.3 Å². The molecule has 1 aliphatic rings. The Labute approximate surface area is 184 Å². The van der Waals surface area contributed by atoms with Gasteiger partial charge in [-0.2, -0.15) is 0 Å². The molecule has 31 heavy (non-hydrogen) atoms. The van der Waals surface area contributed by atoms with E-state index < -0.39 is 10.0 Å². The molecule has 7 nitrogen and oxygen atoms in total. The first-order valence-corrected chi connectivity index (χ1v) is 12.4. The van der Waals surface area contributed by atoms with E-state index in [4.69, 9.17) is 10.1 Å². The van der Waals surface area contributed by atoms with Gasteiger partial charge in [-0.1, -0.05) is 51.1 Å². The Bertz CT molecular complexity index is 1150. The van der Waals surface area contributed by atoms with Crippen LogP contribution in [0.1, 0.15) is 26.3 Å². The summed E-state index contributed by atoms with van der Waals surface area (Å²) < 4.78 is 22.4. The fourth-order valence-electron chi connectivity index (χ4n) is 4.01. The Morgan fingerprint density at radius 3 is 2.32 bits per heavy atom. The van der Waals surface area contributed by atoms with Gasteiger partial charge in [0, 0.05) is 38.3 Å². The number of H-pyrrole nitrogens is 1. The first-order chi connectivity index (χ1) is 14.6. The third-order valence-electron chi connectivity index (χ3n) is 5.92. The highest BCUT2D eigenvalue weighted by atomic mass is 32.2. The quantitative estimate of drug-likeness (QED) is 0.635. The lowest BCUT2D eigenvalue weighted by Gasteiger charge is -2.36. The number of anilines is 1. The topological polar surface area (TPSA) is 95.3 Å². The number of nitrogens with two attached hydrogens (primary N) is 1. The zero-order valence-corrected chi connectivity index (χ0v) is 19.2. The molecule has 1 aliphatic heterocycles. The fourth-order valence-corrected chi connectivity index (χ4v) is 4.52. The predicted octanol–water partition coefficient (Wildman–Crippen LogP) is 2.94. The monoisotopic (exact) mass is 441 g/mol. The van der Waals surface area contributed by atoms with Crippen LogP contribution in [0.5, 0.6) is 0 Å². The van der Waals surface area contributed by atoms with Crippen LogP contribution in [-0.4, -0.2) is 61.8 Å². The summed E-state index contributed by atoms with van der Waals surface area (Å²) >= 11 is 0. The lowest BCUT2D eigenvalue weighted by Crippen LogP contribution is -2.48. The third-order valence-corrected chi connectivity index (χ3v) is 6.67. The van der Waals surface area contributed by atoms with E-state index in [1.165, 1.54) is 5.56 Å². The van der Waals surface area contributed by atoms with Crippen LogP contribution in [0.2, 0.25) is 0 Å². The summed E-state index contributed by atoms with van der Waals surface area (Å²) in [6.45, 7) is 10.4. The van der Waals surface area contributed by atoms with Crippen LogP contribution in [0.15, 0.2) is 42.5 Å². The van der Waals surface area contributed by atoms with Gasteiger partial charge in [-0.05, 0) is 23.1 Å². The minimum absolute atomic E-state index is 0.000682. The van der Waals surface area contributed by atoms with Crippen LogP contribution < -0.4 is 10.0 Å². The highest BCUT2D eigenvalue weighted by Gasteiger charge is 2.21. The van der Waals surface area contributed by atoms with Crippen LogP contribution in [0.4, 0.5) is 5.69 Å². The van der Waals surface area contributed by atoms with E-state index in [1.807, 2.05) is 0 Å². The van der Waals surface area contributed by atoms with E-state index in [-0.39, 0.29) is 11.2 Å². The van der Waals surface area contributed by atoms with E-state index in [9.17, 15) is 8.42 Å². The molecule has 1 saturated heterocycles. The summed E-state index contributed by atoms with van der Waals surface area (Å²) in [5.41, 5.74) is 5.59. The molecule has 0 unspecified atom stereocenters. The van der Waals surface area contributed by atoms with Crippen molar-refractivity contribution in [1.29, 1.82) is 0 Å². The zero-order chi connectivity index (χ0) is 22.2. The Kier molecular flexibility index (Phi) is 5.81. The van der Waals surface area contributed by atoms with Crippen molar-refractivity contribution in [2.45, 2.75) is 26.2 Å². The summed E-state index contributed by atoms with van der Waals surface area (Å²) in [6.07, 6.45) is 0. The molecule has 0 amide bonds. The molecule has 0 atom stereocenters. The molecule has 2 aromatic carbocycles. The Morgan fingerprint density at radius 2 is 1.71 bits per heavy atom. The number of para-hydroxylation sites is 1. The van der Waals surface area contributed by atoms with Crippen molar-refractivity contribution in [3.63, 3.8) is 0 Å². The normalized spacial score (nSPS) is 16.2. The molecule has 0 spiro atoms. The van der Waals surface area contributed by atoms with E-state index in [0.29, 0.717) is 6.54 Å². The molecule has 3 aromatic rings. The molecule has 1 aromatic heterocycles. The number of nitrogens with zero attached hydrogens (tertiary/aromatic N) is 3. The van der Waals surface area contributed by atoms with Crippen molar-refractivity contribution in [3.8, 4) is 11.4 Å². The lowest BCUT2D eigenvalue weighted by atomic mass is 9.87. The molecule has 2 heterocycles. The standard InChI is InChI=1S/C23H31N5O2S/c1-23(2,3)18-9-7-17(8-10-18)22-25-19-5-4-6-20(21(19)26-22)28-13-11-27(12-14-28)15-16-31(24,29)30/h4-10H,11-16H2,1-3H3,(H,25,26)(H2,24,29,30). The number of fused-ring (bicyclic) bond motifs is 1. The number of aromatic nitrogens is 2. The number of primary sulfonamides is 1. The van der Waals surface area contributed by atoms with Crippen molar-refractivity contribution < 1.29 is 8.42 Å². The van der Waals surface area contributed by atoms with E-state index in [2.05, 4.69) is 78.0 Å². The van der Waals surface area contributed by atoms with Crippen molar-refractivity contribution in [3.05, 3.63) is 48.0 Å². The second-order valence-electron chi connectivity index (χ2n) is 9.28. The number of nitrogens with one attached hydrogen (secondary N) is 1. The number of benzene rings is 2. The van der Waals surface area contributed by atoms with Gasteiger partial charge in [0.15, 0.2) is 0 Å². The summed E-state index contributed by atoms with van der Waals surface area (Å²) in [5.74, 6) is 0.869. The average molecular weight is 442 g/mol. The van der Waals surface area contributed by atoms with Gasteiger partial charge in [0.1, 0.15) is 11.3 Å². The molecule has 8 heteroatoms. The van der Waals surface area contributed by atoms with Crippen molar-refractivity contribution in [1.82, 2.24) is 14.9 Å². The van der Waals surface area contributed by atoms with Crippen molar-refractivity contribution >= 4 is 26.7 Å². The summed E-state index contributed by atoms with van der Waals surface area (Å²) in [4.78, 5) is 12.9. The van der Waals surface area contributed by atoms with Crippen LogP contribution in [0, 0.1) is 0 Å². The molecule has 0 aliphatic carbocycles. The highest BCUT2D eigenvalue weighted by Crippen LogP contribution is 2.30. The number of imidazole rings is 1. The molecule has 3 N–H and O–H groups in total. The molecule has 0 bridgehead atoms. The zero-order valence-electron chi connectivity index (χ0n) is 18.4. The molecule has 1 fully saturated rings. The largest absolute Gasteiger partial charge is 0.367 e. The van der Waals surface area contributed by atoms with Gasteiger partial charge in [0.25, 0.3) is 0 Å². The third kappa shape index (κ3) is 5.08. The van der Waals surface area contributed by atoms with Crippen LogP contribution >= 0.6 is 0 Å². The summed E-state index contributed by atoms with van der Waals surface area (Å²) in [5, 5.41) is 5.14. The van der Waals surface area contributed by atoms with Gasteiger partial charge >= 0.3 is 0 Å². The molecule has 4 rings (SSSR count). The lowest BCUT2D eigenvalue weighted by molar-refractivity contribution is 0.272. The van der Waals surface area contributed by atoms with Crippen LogP contribution in [-0.2, 0) is 15.4 Å². The van der Waals surface area contributed by atoms with E-state index in [1.54, 1.807) is 0 Å². The second-order valence-corrected chi connectivity index (χ2v) is 11.0. The Balaban J connectivity index is 1.52. The van der Waals surface area contributed by atoms with Gasteiger partial charge in [0.05, 0.1) is 17.0 Å². The second kappa shape index (κ2) is 8.26. The van der Waals surface area contributed by atoms with E-state index >= 15 is 0 Å². The van der Waals surface area contributed by atoms with Gasteiger partial charge in [-0.25, -0.2) is 18.5 Å². The van der Waals surface area contributed by atoms with Crippen molar-refractivity contribution in [2.24, 2.45) is 5.14 Å².